The summed E-state index contributed by atoms with van der Waals surface area (Å²) in [4.78, 5) is 18.1. The van der Waals surface area contributed by atoms with Crippen LogP contribution in [0, 0.1) is 5.92 Å². The average molecular weight is 419 g/mol. The van der Waals surface area contributed by atoms with Gasteiger partial charge in [0, 0.05) is 19.1 Å². The Labute approximate surface area is 185 Å². The molecule has 0 spiro atoms. The van der Waals surface area contributed by atoms with Crippen LogP contribution in [0.5, 0.6) is 0 Å². The Morgan fingerprint density at radius 1 is 0.935 bits per heavy atom. The number of nitrogens with zero attached hydrogens (tertiary/aromatic N) is 2. The Morgan fingerprint density at radius 3 is 2.42 bits per heavy atom. The van der Waals surface area contributed by atoms with E-state index in [0.717, 1.165) is 25.9 Å². The second-order valence-corrected chi connectivity index (χ2v) is 9.59. The number of rotatable bonds is 4. The summed E-state index contributed by atoms with van der Waals surface area (Å²) in [6.45, 7) is 2.04. The van der Waals surface area contributed by atoms with E-state index in [0.29, 0.717) is 12.5 Å². The van der Waals surface area contributed by atoms with Crippen LogP contribution in [0.15, 0.2) is 48.5 Å². The van der Waals surface area contributed by atoms with Crippen LogP contribution in [0.25, 0.3) is 0 Å². The highest BCUT2D eigenvalue weighted by Crippen LogP contribution is 2.42. The quantitative estimate of drug-likeness (QED) is 0.813. The normalized spacial score (nSPS) is 24.5. The van der Waals surface area contributed by atoms with Crippen molar-refractivity contribution in [3.05, 3.63) is 70.8 Å². The summed E-state index contributed by atoms with van der Waals surface area (Å²) in [5.41, 5.74) is 5.38. The largest absolute Gasteiger partial charge is 0.395 e. The van der Waals surface area contributed by atoms with E-state index < -0.39 is 0 Å². The highest BCUT2D eigenvalue weighted by molar-refractivity contribution is 5.79. The molecule has 1 amide bonds. The first-order valence-corrected chi connectivity index (χ1v) is 12.0. The monoisotopic (exact) mass is 418 g/mol. The predicted molar refractivity (Wildman–Crippen MR) is 123 cm³/mol. The van der Waals surface area contributed by atoms with Crippen molar-refractivity contribution >= 4 is 5.91 Å². The first kappa shape index (κ1) is 20.7. The van der Waals surface area contributed by atoms with E-state index in [-0.39, 0.29) is 24.6 Å². The van der Waals surface area contributed by atoms with Gasteiger partial charge < -0.3 is 10.0 Å². The second kappa shape index (κ2) is 9.13. The molecule has 0 saturated heterocycles. The molecule has 1 unspecified atom stereocenters. The summed E-state index contributed by atoms with van der Waals surface area (Å²) in [7, 11) is 0. The summed E-state index contributed by atoms with van der Waals surface area (Å²) in [6.07, 6.45) is 8.08. The number of aliphatic hydroxyl groups is 1. The molecular weight excluding hydrogens is 384 g/mol. The lowest BCUT2D eigenvalue weighted by atomic mass is 9.77. The second-order valence-electron chi connectivity index (χ2n) is 9.59. The third kappa shape index (κ3) is 4.16. The van der Waals surface area contributed by atoms with Gasteiger partial charge in [0.05, 0.1) is 19.2 Å². The van der Waals surface area contributed by atoms with Crippen molar-refractivity contribution in [2.24, 2.45) is 5.92 Å². The van der Waals surface area contributed by atoms with Crippen LogP contribution in [0.2, 0.25) is 0 Å². The molecule has 2 aromatic carbocycles. The minimum atomic E-state index is 0.0176. The molecule has 4 nitrogen and oxygen atoms in total. The van der Waals surface area contributed by atoms with Gasteiger partial charge in [-0.05, 0) is 53.9 Å². The van der Waals surface area contributed by atoms with Gasteiger partial charge in [-0.2, -0.15) is 0 Å². The fourth-order valence-electron chi connectivity index (χ4n) is 6.11. The van der Waals surface area contributed by atoms with E-state index in [1.54, 1.807) is 0 Å². The van der Waals surface area contributed by atoms with Crippen LogP contribution < -0.4 is 0 Å². The van der Waals surface area contributed by atoms with Gasteiger partial charge in [-0.15, -0.1) is 0 Å². The predicted octanol–water partition coefficient (Wildman–Crippen LogP) is 4.11. The molecule has 2 atom stereocenters. The summed E-state index contributed by atoms with van der Waals surface area (Å²) in [6, 6.07) is 17.4. The topological polar surface area (TPSA) is 43.8 Å². The van der Waals surface area contributed by atoms with Crippen LogP contribution in [0.3, 0.4) is 0 Å². The summed E-state index contributed by atoms with van der Waals surface area (Å²) >= 11 is 0. The van der Waals surface area contributed by atoms with Crippen molar-refractivity contribution in [2.75, 3.05) is 19.7 Å². The zero-order valence-corrected chi connectivity index (χ0v) is 18.4. The Balaban J connectivity index is 1.38. The minimum absolute atomic E-state index is 0.0176. The zero-order chi connectivity index (χ0) is 21.2. The molecular formula is C27H34N2O2. The average Bonchev–Trinajstić information content (AvgIpc) is 2.83. The van der Waals surface area contributed by atoms with Crippen molar-refractivity contribution in [3.8, 4) is 0 Å². The standard InChI is InChI=1S/C27H34N2O2/c30-19-24-16-22-11-4-5-12-23(22)17-28(24)18-26(31)29-15-14-20-8-6-7-13-25(20)27(29)21-9-2-1-3-10-21/h4-8,11-13,21,24,27,30H,1-3,9-10,14-19H2/t24-,27?/m0/s1. The Kier molecular flexibility index (Phi) is 6.10. The van der Waals surface area contributed by atoms with Crippen molar-refractivity contribution in [1.29, 1.82) is 0 Å². The third-order valence-corrected chi connectivity index (χ3v) is 7.76. The molecule has 164 valence electrons. The maximum Gasteiger partial charge on any atom is 0.237 e. The lowest BCUT2D eigenvalue weighted by Crippen LogP contribution is -2.51. The number of carbonyl (C=O) groups is 1. The van der Waals surface area contributed by atoms with E-state index in [4.69, 9.17) is 0 Å². The number of hydrogen-bond acceptors (Lipinski definition) is 3. The van der Waals surface area contributed by atoms with Crippen LogP contribution in [-0.2, 0) is 24.2 Å². The molecule has 2 aromatic rings. The molecule has 1 N–H and O–H groups in total. The van der Waals surface area contributed by atoms with Crippen LogP contribution >= 0.6 is 0 Å². The lowest BCUT2D eigenvalue weighted by molar-refractivity contribution is -0.138. The van der Waals surface area contributed by atoms with Crippen molar-refractivity contribution < 1.29 is 9.90 Å². The molecule has 1 saturated carbocycles. The summed E-state index contributed by atoms with van der Waals surface area (Å²) in [5, 5.41) is 10.0. The van der Waals surface area contributed by atoms with E-state index in [1.165, 1.54) is 54.4 Å². The molecule has 0 aromatic heterocycles. The zero-order valence-electron chi connectivity index (χ0n) is 18.4. The molecule has 31 heavy (non-hydrogen) atoms. The van der Waals surface area contributed by atoms with Gasteiger partial charge in [-0.1, -0.05) is 67.8 Å². The number of aliphatic hydroxyl groups excluding tert-OH is 1. The van der Waals surface area contributed by atoms with Crippen molar-refractivity contribution in [2.45, 2.75) is 63.6 Å². The van der Waals surface area contributed by atoms with E-state index in [9.17, 15) is 9.90 Å². The number of amides is 1. The smallest absolute Gasteiger partial charge is 0.237 e. The van der Waals surface area contributed by atoms with Gasteiger partial charge in [0.2, 0.25) is 5.91 Å². The molecule has 4 heteroatoms. The first-order valence-electron chi connectivity index (χ1n) is 12.0. The highest BCUT2D eigenvalue weighted by Gasteiger charge is 2.38. The molecule has 2 aliphatic heterocycles. The first-order chi connectivity index (χ1) is 15.2. The Bertz CT molecular complexity index is 921. The molecule has 1 aliphatic carbocycles. The molecule has 0 bridgehead atoms. The van der Waals surface area contributed by atoms with E-state index in [1.807, 2.05) is 0 Å². The number of benzene rings is 2. The van der Waals surface area contributed by atoms with E-state index >= 15 is 0 Å². The Hall–Kier alpha value is -2.17. The maximum absolute atomic E-state index is 13.7. The van der Waals surface area contributed by atoms with Gasteiger partial charge in [-0.25, -0.2) is 0 Å². The van der Waals surface area contributed by atoms with E-state index in [2.05, 4.69) is 58.3 Å². The molecule has 2 heterocycles. The van der Waals surface area contributed by atoms with Gasteiger partial charge >= 0.3 is 0 Å². The number of carbonyl (C=O) groups excluding carboxylic acids is 1. The highest BCUT2D eigenvalue weighted by atomic mass is 16.3. The summed E-state index contributed by atoms with van der Waals surface area (Å²) < 4.78 is 0. The minimum Gasteiger partial charge on any atom is -0.395 e. The van der Waals surface area contributed by atoms with Crippen molar-refractivity contribution in [3.63, 3.8) is 0 Å². The fraction of sp³-hybridized carbons (Fsp3) is 0.519. The number of fused-ring (bicyclic) bond motifs is 2. The van der Waals surface area contributed by atoms with Gasteiger partial charge in [0.15, 0.2) is 0 Å². The van der Waals surface area contributed by atoms with Crippen LogP contribution in [0.4, 0.5) is 0 Å². The fourth-order valence-corrected chi connectivity index (χ4v) is 6.11. The summed E-state index contributed by atoms with van der Waals surface area (Å²) in [5.74, 6) is 0.790. The molecule has 5 rings (SSSR count). The molecule has 0 radical (unpaired) electrons. The van der Waals surface area contributed by atoms with Gasteiger partial charge in [0.25, 0.3) is 0 Å². The van der Waals surface area contributed by atoms with Gasteiger partial charge in [-0.3, -0.25) is 9.69 Å². The SMILES string of the molecule is O=C(CN1Cc2ccccc2C[C@H]1CO)N1CCc2ccccc2C1C1CCCCC1. The maximum atomic E-state index is 13.7. The lowest BCUT2D eigenvalue weighted by Gasteiger charge is -2.44. The van der Waals surface area contributed by atoms with Gasteiger partial charge in [0.1, 0.15) is 0 Å². The van der Waals surface area contributed by atoms with Crippen molar-refractivity contribution in [1.82, 2.24) is 9.80 Å². The molecule has 3 aliphatic rings. The third-order valence-electron chi connectivity index (χ3n) is 7.76. The van der Waals surface area contributed by atoms with Crippen LogP contribution in [0.1, 0.15) is 60.4 Å². The number of hydrogen-bond donors (Lipinski definition) is 1. The molecule has 1 fully saturated rings. The Morgan fingerprint density at radius 2 is 1.65 bits per heavy atom. The van der Waals surface area contributed by atoms with Crippen LogP contribution in [-0.4, -0.2) is 46.6 Å².